The number of benzene rings is 1. The van der Waals surface area contributed by atoms with E-state index in [0.717, 1.165) is 25.7 Å². The van der Waals surface area contributed by atoms with Gasteiger partial charge in [0.15, 0.2) is 0 Å². The molecule has 0 fully saturated rings. The third-order valence-electron chi connectivity index (χ3n) is 5.76. The molecule has 0 saturated heterocycles. The van der Waals surface area contributed by atoms with Crippen molar-refractivity contribution >= 4 is 17.9 Å². The van der Waals surface area contributed by atoms with Crippen LogP contribution in [0.3, 0.4) is 0 Å². The van der Waals surface area contributed by atoms with Crippen LogP contribution in [0.1, 0.15) is 104 Å². The lowest BCUT2D eigenvalue weighted by atomic mass is 9.98. The lowest BCUT2D eigenvalue weighted by molar-refractivity contribution is -0.142. The average Bonchev–Trinajstić information content (AvgIpc) is 2.82. The van der Waals surface area contributed by atoms with E-state index < -0.39 is 23.8 Å². The number of ether oxygens (including phenoxy) is 1. The number of carbonyl (C=O) groups is 3. The highest BCUT2D eigenvalue weighted by atomic mass is 16.6. The van der Waals surface area contributed by atoms with Gasteiger partial charge in [-0.05, 0) is 63.6 Å². The van der Waals surface area contributed by atoms with Gasteiger partial charge in [0.25, 0.3) is 0 Å². The third kappa shape index (κ3) is 11.7. The van der Waals surface area contributed by atoms with E-state index in [1.54, 1.807) is 49.9 Å². The summed E-state index contributed by atoms with van der Waals surface area (Å²) < 4.78 is 5.44. The Morgan fingerprint density at radius 2 is 1.65 bits per heavy atom. The fourth-order valence-electron chi connectivity index (χ4n) is 3.96. The van der Waals surface area contributed by atoms with Gasteiger partial charge in [-0.3, -0.25) is 9.59 Å². The van der Waals surface area contributed by atoms with Crippen molar-refractivity contribution < 1.29 is 19.1 Å². The summed E-state index contributed by atoms with van der Waals surface area (Å²) in [5.41, 5.74) is 0.676. The van der Waals surface area contributed by atoms with E-state index in [1.165, 1.54) is 0 Å². The zero-order valence-electron chi connectivity index (χ0n) is 23.9. The number of rotatable bonds is 14. The van der Waals surface area contributed by atoms with Crippen LogP contribution in [0.25, 0.3) is 0 Å². The van der Waals surface area contributed by atoms with Crippen molar-refractivity contribution in [3.8, 4) is 12.3 Å². The minimum atomic E-state index is -0.845. The lowest BCUT2D eigenvalue weighted by Gasteiger charge is -2.35. The fourth-order valence-corrected chi connectivity index (χ4v) is 3.96. The van der Waals surface area contributed by atoms with Crippen molar-refractivity contribution in [1.82, 2.24) is 15.5 Å². The maximum absolute atomic E-state index is 14.0. The number of alkyl carbamates (subject to hydrolysis) is 1. The Hall–Kier alpha value is -3.01. The Bertz CT molecular complexity index is 897. The summed E-state index contributed by atoms with van der Waals surface area (Å²) in [5.74, 6) is 2.18. The Morgan fingerprint density at radius 1 is 1.03 bits per heavy atom. The topological polar surface area (TPSA) is 87.7 Å². The number of terminal acetylenes is 1. The van der Waals surface area contributed by atoms with Crippen LogP contribution in [0.2, 0.25) is 0 Å². The average molecular weight is 514 g/mol. The maximum atomic E-state index is 14.0. The molecule has 0 aliphatic carbocycles. The zero-order valence-corrected chi connectivity index (χ0v) is 23.9. The number of nitrogens with zero attached hydrogens (tertiary/aromatic N) is 1. The Balaban J connectivity index is 3.42. The van der Waals surface area contributed by atoms with E-state index in [2.05, 4.69) is 23.5 Å². The van der Waals surface area contributed by atoms with Gasteiger partial charge >= 0.3 is 6.09 Å². The molecule has 1 aromatic rings. The summed E-state index contributed by atoms with van der Waals surface area (Å²) in [7, 11) is 0. The maximum Gasteiger partial charge on any atom is 0.408 e. The smallest absolute Gasteiger partial charge is 0.408 e. The van der Waals surface area contributed by atoms with Crippen LogP contribution >= 0.6 is 0 Å². The molecular formula is C30H47N3O4. The van der Waals surface area contributed by atoms with Crippen LogP contribution in [-0.4, -0.2) is 47.5 Å². The second-order valence-corrected chi connectivity index (χ2v) is 10.9. The number of amides is 3. The SMILES string of the molecule is C#Cc1ccc(C(C(=O)NCCCCC)N(CCCC)C(=O)C(CC(C)C)NC(=O)OC(C)(C)C)cc1. The molecule has 2 atom stereocenters. The van der Waals surface area contributed by atoms with E-state index in [1.807, 2.05) is 20.8 Å². The molecule has 0 bridgehead atoms. The van der Waals surface area contributed by atoms with Crippen LogP contribution in [0.15, 0.2) is 24.3 Å². The molecule has 2 unspecified atom stereocenters. The van der Waals surface area contributed by atoms with Crippen molar-refractivity contribution in [2.75, 3.05) is 13.1 Å². The van der Waals surface area contributed by atoms with Gasteiger partial charge in [-0.25, -0.2) is 4.79 Å². The zero-order chi connectivity index (χ0) is 28.0. The second-order valence-electron chi connectivity index (χ2n) is 10.9. The monoisotopic (exact) mass is 513 g/mol. The molecule has 7 heteroatoms. The molecule has 2 N–H and O–H groups in total. The Morgan fingerprint density at radius 3 is 2.16 bits per heavy atom. The van der Waals surface area contributed by atoms with Crippen molar-refractivity contribution in [3.05, 3.63) is 35.4 Å². The highest BCUT2D eigenvalue weighted by molar-refractivity contribution is 5.92. The van der Waals surface area contributed by atoms with Crippen LogP contribution in [0.5, 0.6) is 0 Å². The van der Waals surface area contributed by atoms with Crippen LogP contribution in [0, 0.1) is 18.3 Å². The molecule has 1 aromatic carbocycles. The Labute approximate surface area is 224 Å². The van der Waals surface area contributed by atoms with Gasteiger partial charge in [-0.15, -0.1) is 6.42 Å². The molecule has 0 heterocycles. The summed E-state index contributed by atoms with van der Waals surface area (Å²) in [5, 5.41) is 5.80. The molecule has 0 saturated carbocycles. The first-order valence-corrected chi connectivity index (χ1v) is 13.6. The van der Waals surface area contributed by atoms with Crippen molar-refractivity contribution in [1.29, 1.82) is 0 Å². The minimum absolute atomic E-state index is 0.133. The Kier molecular flexibility index (Phi) is 13.8. The predicted molar refractivity (Wildman–Crippen MR) is 149 cm³/mol. The van der Waals surface area contributed by atoms with E-state index in [-0.39, 0.29) is 17.7 Å². The molecule has 0 spiro atoms. The molecule has 7 nitrogen and oxygen atoms in total. The first-order chi connectivity index (χ1) is 17.4. The predicted octanol–water partition coefficient (Wildman–Crippen LogP) is 5.58. The van der Waals surface area contributed by atoms with E-state index in [4.69, 9.17) is 11.2 Å². The lowest BCUT2D eigenvalue weighted by Crippen LogP contribution is -2.53. The molecule has 0 aliphatic heterocycles. The number of nitrogens with one attached hydrogen (secondary N) is 2. The molecular weight excluding hydrogens is 466 g/mol. The van der Waals surface area contributed by atoms with Gasteiger partial charge in [0, 0.05) is 18.7 Å². The van der Waals surface area contributed by atoms with Crippen LogP contribution < -0.4 is 10.6 Å². The largest absolute Gasteiger partial charge is 0.444 e. The van der Waals surface area contributed by atoms with Crippen molar-refractivity contribution in [3.63, 3.8) is 0 Å². The number of carbonyl (C=O) groups excluding carboxylic acids is 3. The molecule has 0 aromatic heterocycles. The summed E-state index contributed by atoms with van der Waals surface area (Å²) in [6.45, 7) is 14.4. The summed E-state index contributed by atoms with van der Waals surface area (Å²) in [4.78, 5) is 41.9. The minimum Gasteiger partial charge on any atom is -0.444 e. The highest BCUT2D eigenvalue weighted by Gasteiger charge is 2.36. The van der Waals surface area contributed by atoms with Gasteiger partial charge in [-0.2, -0.15) is 0 Å². The molecule has 1 rings (SSSR count). The summed E-state index contributed by atoms with van der Waals surface area (Å²) >= 11 is 0. The normalized spacial score (nSPS) is 12.8. The van der Waals surface area contributed by atoms with E-state index in [9.17, 15) is 14.4 Å². The van der Waals surface area contributed by atoms with Crippen molar-refractivity contribution in [2.45, 2.75) is 105 Å². The van der Waals surface area contributed by atoms with E-state index in [0.29, 0.717) is 37.1 Å². The highest BCUT2D eigenvalue weighted by Crippen LogP contribution is 2.25. The number of hydrogen-bond donors (Lipinski definition) is 2. The first kappa shape index (κ1) is 32.0. The van der Waals surface area contributed by atoms with Crippen LogP contribution in [-0.2, 0) is 14.3 Å². The van der Waals surface area contributed by atoms with Gasteiger partial charge in [0.1, 0.15) is 17.7 Å². The van der Waals surface area contributed by atoms with Gasteiger partial charge in [0.05, 0.1) is 0 Å². The molecule has 37 heavy (non-hydrogen) atoms. The molecule has 206 valence electrons. The van der Waals surface area contributed by atoms with Crippen LogP contribution in [0.4, 0.5) is 4.79 Å². The van der Waals surface area contributed by atoms with Gasteiger partial charge in [0.2, 0.25) is 11.8 Å². The first-order valence-electron chi connectivity index (χ1n) is 13.6. The second kappa shape index (κ2) is 16.0. The number of unbranched alkanes of at least 4 members (excludes halogenated alkanes) is 3. The van der Waals surface area contributed by atoms with Crippen molar-refractivity contribution in [2.24, 2.45) is 5.92 Å². The van der Waals surface area contributed by atoms with Gasteiger partial charge in [-0.1, -0.05) is 65.0 Å². The standard InChI is InChI=1S/C30H47N3O4/c1-9-12-14-19-31-27(34)26(24-17-15-23(11-3)16-18-24)33(20-13-10-2)28(35)25(21-22(4)5)32-29(36)37-30(6,7)8/h3,15-18,22,25-26H,9-10,12-14,19-21H2,1-2,4-8H3,(H,31,34)(H,32,36). The van der Waals surface area contributed by atoms with E-state index >= 15 is 0 Å². The third-order valence-corrected chi connectivity index (χ3v) is 5.76. The molecule has 0 aliphatic rings. The molecule has 0 radical (unpaired) electrons. The summed E-state index contributed by atoms with van der Waals surface area (Å²) in [6.07, 6.45) is 9.78. The fraction of sp³-hybridized carbons (Fsp3) is 0.633. The quantitative estimate of drug-likeness (QED) is 0.251. The van der Waals surface area contributed by atoms with Gasteiger partial charge < -0.3 is 20.3 Å². The molecule has 3 amide bonds. The number of hydrogen-bond acceptors (Lipinski definition) is 4. The summed E-state index contributed by atoms with van der Waals surface area (Å²) in [6, 6.07) is 5.49.